The number of benzene rings is 1. The number of imidazole rings is 1. The normalized spacial score (nSPS) is 15.6. The number of hydrogen-bond acceptors (Lipinski definition) is 3. The number of nitrogens with zero attached hydrogens (tertiary/aromatic N) is 3. The van der Waals surface area contributed by atoms with Crippen LogP contribution in [0.4, 0.5) is 5.69 Å². The highest BCUT2D eigenvalue weighted by Crippen LogP contribution is 2.23. The Balaban J connectivity index is 1.66. The summed E-state index contributed by atoms with van der Waals surface area (Å²) in [6.07, 6.45) is 6.80. The molecule has 0 saturated carbocycles. The van der Waals surface area contributed by atoms with Gasteiger partial charge in [0.25, 0.3) is 0 Å². The fraction of sp³-hybridized carbons (Fsp3) is 0.357. The zero-order chi connectivity index (χ0) is 12.4. The van der Waals surface area contributed by atoms with Gasteiger partial charge in [-0.2, -0.15) is 0 Å². The van der Waals surface area contributed by atoms with E-state index in [-0.39, 0.29) is 0 Å². The molecule has 1 aliphatic heterocycles. The van der Waals surface area contributed by atoms with Crippen LogP contribution in [0.1, 0.15) is 11.1 Å². The maximum Gasteiger partial charge on any atom is 0.0946 e. The Kier molecular flexibility index (Phi) is 3.02. The average molecular weight is 242 g/mol. The number of rotatable bonds is 3. The molecular weight excluding hydrogens is 224 g/mol. The molecule has 0 saturated heterocycles. The first-order chi connectivity index (χ1) is 8.83. The summed E-state index contributed by atoms with van der Waals surface area (Å²) in [6, 6.07) is 6.24. The van der Waals surface area contributed by atoms with E-state index in [4.69, 9.17) is 5.73 Å². The van der Waals surface area contributed by atoms with Crippen molar-refractivity contribution in [2.45, 2.75) is 19.5 Å². The van der Waals surface area contributed by atoms with E-state index in [1.807, 2.05) is 24.8 Å². The van der Waals surface area contributed by atoms with Crippen LogP contribution in [0.5, 0.6) is 0 Å². The summed E-state index contributed by atoms with van der Waals surface area (Å²) in [5.74, 6) is 0. The van der Waals surface area contributed by atoms with E-state index in [0.29, 0.717) is 0 Å². The highest BCUT2D eigenvalue weighted by molar-refractivity contribution is 5.51. The van der Waals surface area contributed by atoms with Crippen LogP contribution < -0.4 is 5.73 Å². The molecule has 0 unspecified atom stereocenters. The van der Waals surface area contributed by atoms with Crippen LogP contribution in [0, 0.1) is 0 Å². The van der Waals surface area contributed by atoms with E-state index < -0.39 is 0 Å². The maximum absolute atomic E-state index is 6.05. The first-order valence-electron chi connectivity index (χ1n) is 6.37. The van der Waals surface area contributed by atoms with E-state index in [0.717, 1.165) is 38.3 Å². The van der Waals surface area contributed by atoms with Crippen molar-refractivity contribution in [2.75, 3.05) is 18.8 Å². The second-order valence-electron chi connectivity index (χ2n) is 4.81. The van der Waals surface area contributed by atoms with Gasteiger partial charge in [-0.25, -0.2) is 4.98 Å². The van der Waals surface area contributed by atoms with Crippen LogP contribution in [0.3, 0.4) is 0 Å². The molecule has 2 aromatic rings. The van der Waals surface area contributed by atoms with Crippen molar-refractivity contribution in [3.63, 3.8) is 0 Å². The minimum absolute atomic E-state index is 0.930. The Hall–Kier alpha value is -1.81. The lowest BCUT2D eigenvalue weighted by molar-refractivity contribution is 0.244. The summed E-state index contributed by atoms with van der Waals surface area (Å²) in [7, 11) is 0. The van der Waals surface area contributed by atoms with Crippen LogP contribution >= 0.6 is 0 Å². The molecule has 4 heteroatoms. The Morgan fingerprint density at radius 3 is 3.06 bits per heavy atom. The first kappa shape index (κ1) is 11.3. The molecule has 0 fully saturated rings. The van der Waals surface area contributed by atoms with Gasteiger partial charge in [-0.15, -0.1) is 0 Å². The third-order valence-corrected chi connectivity index (χ3v) is 3.62. The van der Waals surface area contributed by atoms with Crippen LogP contribution in [-0.4, -0.2) is 27.5 Å². The molecule has 3 rings (SSSR count). The average Bonchev–Trinajstić information content (AvgIpc) is 2.90. The molecule has 1 aliphatic rings. The molecule has 1 aromatic heterocycles. The van der Waals surface area contributed by atoms with Gasteiger partial charge < -0.3 is 10.3 Å². The predicted octanol–water partition coefficient (Wildman–Crippen LogP) is 1.52. The van der Waals surface area contributed by atoms with Crippen molar-refractivity contribution < 1.29 is 0 Å². The van der Waals surface area contributed by atoms with Gasteiger partial charge in [0.2, 0.25) is 0 Å². The molecule has 0 spiro atoms. The molecule has 94 valence electrons. The summed E-state index contributed by atoms with van der Waals surface area (Å²) >= 11 is 0. The quantitative estimate of drug-likeness (QED) is 0.830. The topological polar surface area (TPSA) is 47.1 Å². The van der Waals surface area contributed by atoms with Gasteiger partial charge in [-0.05, 0) is 23.6 Å². The van der Waals surface area contributed by atoms with Crippen molar-refractivity contribution in [3.05, 3.63) is 48.0 Å². The molecular formula is C14H18N4. The molecule has 1 aromatic carbocycles. The van der Waals surface area contributed by atoms with E-state index >= 15 is 0 Å². The number of anilines is 1. The molecule has 0 atom stereocenters. The number of nitrogen functional groups attached to an aromatic ring is 1. The Labute approximate surface area is 107 Å². The Morgan fingerprint density at radius 2 is 2.22 bits per heavy atom. The third-order valence-electron chi connectivity index (χ3n) is 3.62. The summed E-state index contributed by atoms with van der Waals surface area (Å²) in [4.78, 5) is 6.52. The van der Waals surface area contributed by atoms with Crippen LogP contribution in [0.2, 0.25) is 0 Å². The molecule has 4 nitrogen and oxygen atoms in total. The van der Waals surface area contributed by atoms with Crippen LogP contribution in [0.25, 0.3) is 0 Å². The lowest BCUT2D eigenvalue weighted by Gasteiger charge is -2.29. The Morgan fingerprint density at radius 1 is 1.28 bits per heavy atom. The standard InChI is InChI=1S/C14H18N4/c15-14-3-1-2-12-4-6-17(10-13(12)14)8-9-18-7-5-16-11-18/h1-3,5,7,11H,4,6,8-10,15H2. The van der Waals surface area contributed by atoms with E-state index in [1.165, 1.54) is 11.1 Å². The van der Waals surface area contributed by atoms with Gasteiger partial charge in [-0.3, -0.25) is 4.90 Å². The van der Waals surface area contributed by atoms with Crippen LogP contribution in [0.15, 0.2) is 36.9 Å². The lowest BCUT2D eigenvalue weighted by Crippen LogP contribution is -2.33. The number of fused-ring (bicyclic) bond motifs is 1. The fourth-order valence-electron chi connectivity index (χ4n) is 2.53. The smallest absolute Gasteiger partial charge is 0.0946 e. The molecule has 18 heavy (non-hydrogen) atoms. The highest BCUT2D eigenvalue weighted by atomic mass is 15.2. The summed E-state index contributed by atoms with van der Waals surface area (Å²) in [5.41, 5.74) is 9.71. The number of nitrogens with two attached hydrogens (primary N) is 1. The van der Waals surface area contributed by atoms with Crippen molar-refractivity contribution in [1.29, 1.82) is 0 Å². The van der Waals surface area contributed by atoms with Gasteiger partial charge >= 0.3 is 0 Å². The monoisotopic (exact) mass is 242 g/mol. The minimum Gasteiger partial charge on any atom is -0.398 e. The van der Waals surface area contributed by atoms with Crippen molar-refractivity contribution in [2.24, 2.45) is 0 Å². The van der Waals surface area contributed by atoms with Gasteiger partial charge in [0.1, 0.15) is 0 Å². The van der Waals surface area contributed by atoms with Crippen molar-refractivity contribution in [3.8, 4) is 0 Å². The van der Waals surface area contributed by atoms with E-state index in [2.05, 4.69) is 26.6 Å². The fourth-order valence-corrected chi connectivity index (χ4v) is 2.53. The number of aromatic nitrogens is 2. The summed E-state index contributed by atoms with van der Waals surface area (Å²) in [5, 5.41) is 0. The van der Waals surface area contributed by atoms with Crippen molar-refractivity contribution in [1.82, 2.24) is 14.5 Å². The molecule has 0 radical (unpaired) electrons. The molecule has 0 aliphatic carbocycles. The molecule has 0 amide bonds. The lowest BCUT2D eigenvalue weighted by atomic mass is 9.98. The largest absolute Gasteiger partial charge is 0.398 e. The highest BCUT2D eigenvalue weighted by Gasteiger charge is 2.17. The Bertz CT molecular complexity index is 519. The minimum atomic E-state index is 0.930. The van der Waals surface area contributed by atoms with Gasteiger partial charge in [0.05, 0.1) is 6.33 Å². The zero-order valence-electron chi connectivity index (χ0n) is 10.4. The summed E-state index contributed by atoms with van der Waals surface area (Å²) in [6.45, 7) is 4.12. The second-order valence-corrected chi connectivity index (χ2v) is 4.81. The molecule has 0 bridgehead atoms. The SMILES string of the molecule is Nc1cccc2c1CN(CCn1ccnc1)CC2. The zero-order valence-corrected chi connectivity index (χ0v) is 10.4. The van der Waals surface area contributed by atoms with Gasteiger partial charge in [0, 0.05) is 44.3 Å². The molecule has 2 heterocycles. The van der Waals surface area contributed by atoms with Crippen LogP contribution in [-0.2, 0) is 19.5 Å². The van der Waals surface area contributed by atoms with E-state index in [1.54, 1.807) is 0 Å². The van der Waals surface area contributed by atoms with E-state index in [9.17, 15) is 0 Å². The molecule has 2 N–H and O–H groups in total. The third kappa shape index (κ3) is 2.24. The second kappa shape index (κ2) is 4.82. The maximum atomic E-state index is 6.05. The predicted molar refractivity (Wildman–Crippen MR) is 72.1 cm³/mol. The first-order valence-corrected chi connectivity index (χ1v) is 6.37. The van der Waals surface area contributed by atoms with Gasteiger partial charge in [0.15, 0.2) is 0 Å². The van der Waals surface area contributed by atoms with Gasteiger partial charge in [-0.1, -0.05) is 12.1 Å². The summed E-state index contributed by atoms with van der Waals surface area (Å²) < 4.78 is 2.11. The van der Waals surface area contributed by atoms with Crippen molar-refractivity contribution >= 4 is 5.69 Å². The number of hydrogen-bond donors (Lipinski definition) is 1.